The van der Waals surface area contributed by atoms with Gasteiger partial charge < -0.3 is 14.8 Å². The number of ether oxygens (including phenoxy) is 2. The summed E-state index contributed by atoms with van der Waals surface area (Å²) < 4.78 is 10.6. The predicted octanol–water partition coefficient (Wildman–Crippen LogP) is 3.50. The van der Waals surface area contributed by atoms with Crippen LogP contribution in [0.1, 0.15) is 18.5 Å². The summed E-state index contributed by atoms with van der Waals surface area (Å²) in [4.78, 5) is 10.4. The van der Waals surface area contributed by atoms with Crippen LogP contribution < -0.4 is 14.8 Å². The van der Waals surface area contributed by atoms with E-state index in [0.29, 0.717) is 5.75 Å². The van der Waals surface area contributed by atoms with Gasteiger partial charge in [0, 0.05) is 29.9 Å². The predicted molar refractivity (Wildman–Crippen MR) is 77.7 cm³/mol. The second-order valence-corrected chi connectivity index (χ2v) is 4.79. The molecule has 2 aromatic rings. The highest BCUT2D eigenvalue weighted by molar-refractivity contribution is 5.56. The van der Waals surface area contributed by atoms with Crippen LogP contribution in [-0.4, -0.2) is 11.7 Å². The second kappa shape index (κ2) is 5.32. The smallest absolute Gasteiger partial charge is 0.269 e. The largest absolute Gasteiger partial charge is 0.454 e. The number of nitro groups is 1. The van der Waals surface area contributed by atoms with E-state index in [9.17, 15) is 10.1 Å². The topological polar surface area (TPSA) is 73.6 Å². The van der Waals surface area contributed by atoms with Crippen molar-refractivity contribution in [3.8, 4) is 11.5 Å². The third-order valence-electron chi connectivity index (χ3n) is 3.34. The first kappa shape index (κ1) is 13.2. The average molecular weight is 286 g/mol. The lowest BCUT2D eigenvalue weighted by molar-refractivity contribution is -0.384. The molecule has 0 bridgehead atoms. The molecule has 0 saturated heterocycles. The zero-order chi connectivity index (χ0) is 14.8. The van der Waals surface area contributed by atoms with Gasteiger partial charge in [-0.05, 0) is 24.6 Å². The second-order valence-electron chi connectivity index (χ2n) is 4.79. The van der Waals surface area contributed by atoms with Gasteiger partial charge in [-0.3, -0.25) is 10.1 Å². The summed E-state index contributed by atoms with van der Waals surface area (Å²) in [5.41, 5.74) is 1.81. The van der Waals surface area contributed by atoms with E-state index >= 15 is 0 Å². The molecule has 3 rings (SSSR count). The van der Waals surface area contributed by atoms with E-state index in [0.717, 1.165) is 17.0 Å². The maximum absolute atomic E-state index is 10.8. The van der Waals surface area contributed by atoms with E-state index in [1.54, 1.807) is 12.1 Å². The van der Waals surface area contributed by atoms with Gasteiger partial charge in [0.05, 0.1) is 4.92 Å². The molecule has 6 heteroatoms. The van der Waals surface area contributed by atoms with Crippen LogP contribution in [0.3, 0.4) is 0 Å². The molecule has 1 aliphatic rings. The van der Waals surface area contributed by atoms with Gasteiger partial charge in [0.25, 0.3) is 5.69 Å². The minimum Gasteiger partial charge on any atom is -0.454 e. The van der Waals surface area contributed by atoms with E-state index < -0.39 is 4.92 Å². The van der Waals surface area contributed by atoms with Gasteiger partial charge in [-0.1, -0.05) is 12.1 Å². The number of rotatable bonds is 4. The van der Waals surface area contributed by atoms with Crippen LogP contribution in [0.15, 0.2) is 42.5 Å². The van der Waals surface area contributed by atoms with Crippen LogP contribution in [0.4, 0.5) is 11.4 Å². The lowest BCUT2D eigenvalue weighted by Crippen LogP contribution is -2.06. The van der Waals surface area contributed by atoms with Crippen LogP contribution in [-0.2, 0) is 0 Å². The highest BCUT2D eigenvalue weighted by Crippen LogP contribution is 2.35. The van der Waals surface area contributed by atoms with Gasteiger partial charge in [-0.25, -0.2) is 0 Å². The van der Waals surface area contributed by atoms with E-state index in [-0.39, 0.29) is 18.5 Å². The summed E-state index contributed by atoms with van der Waals surface area (Å²) in [5.74, 6) is 1.43. The number of hydrogen-bond donors (Lipinski definition) is 1. The molecule has 1 N–H and O–H groups in total. The number of nitrogens with one attached hydrogen (secondary N) is 1. The van der Waals surface area contributed by atoms with Crippen molar-refractivity contribution in [2.24, 2.45) is 0 Å². The first-order chi connectivity index (χ1) is 10.1. The number of nitrogens with zero attached hydrogens (tertiary/aromatic N) is 1. The van der Waals surface area contributed by atoms with Crippen LogP contribution in [0.25, 0.3) is 0 Å². The molecule has 6 nitrogen and oxygen atoms in total. The normalized spacial score (nSPS) is 13.8. The van der Waals surface area contributed by atoms with Gasteiger partial charge >= 0.3 is 0 Å². The molecule has 0 aliphatic carbocycles. The van der Waals surface area contributed by atoms with Crippen molar-refractivity contribution < 1.29 is 14.4 Å². The Bertz CT molecular complexity index is 687. The molecule has 0 fully saturated rings. The van der Waals surface area contributed by atoms with Gasteiger partial charge in [0.1, 0.15) is 0 Å². The molecule has 1 unspecified atom stereocenters. The summed E-state index contributed by atoms with van der Waals surface area (Å²) in [6, 6.07) is 12.1. The number of non-ortho nitro benzene ring substituents is 1. The van der Waals surface area contributed by atoms with E-state index in [2.05, 4.69) is 5.32 Å². The summed E-state index contributed by atoms with van der Waals surface area (Å²) in [6.07, 6.45) is 0. The summed E-state index contributed by atoms with van der Waals surface area (Å²) >= 11 is 0. The van der Waals surface area contributed by atoms with Crippen molar-refractivity contribution in [2.75, 3.05) is 12.1 Å². The van der Waals surface area contributed by atoms with Crippen LogP contribution in [0.2, 0.25) is 0 Å². The lowest BCUT2D eigenvalue weighted by atomic mass is 10.1. The number of anilines is 1. The van der Waals surface area contributed by atoms with E-state index in [1.165, 1.54) is 6.07 Å². The molecule has 0 radical (unpaired) electrons. The van der Waals surface area contributed by atoms with Gasteiger partial charge in [-0.15, -0.1) is 0 Å². The number of hydrogen-bond acceptors (Lipinski definition) is 5. The Labute approximate surface area is 121 Å². The van der Waals surface area contributed by atoms with Gasteiger partial charge in [-0.2, -0.15) is 0 Å². The minimum absolute atomic E-state index is 0.0646. The third kappa shape index (κ3) is 2.74. The monoisotopic (exact) mass is 286 g/mol. The first-order valence-electron chi connectivity index (χ1n) is 6.54. The molecule has 108 valence electrons. The van der Waals surface area contributed by atoms with Crippen LogP contribution in [0, 0.1) is 10.1 Å². The number of benzene rings is 2. The fourth-order valence-corrected chi connectivity index (χ4v) is 2.23. The third-order valence-corrected chi connectivity index (χ3v) is 3.34. The van der Waals surface area contributed by atoms with E-state index in [4.69, 9.17) is 9.47 Å². The molecule has 1 aliphatic heterocycles. The fraction of sp³-hybridized carbons (Fsp3) is 0.200. The maximum Gasteiger partial charge on any atom is 0.269 e. The molecule has 21 heavy (non-hydrogen) atoms. The average Bonchev–Trinajstić information content (AvgIpc) is 2.95. The van der Waals surface area contributed by atoms with Crippen molar-refractivity contribution in [2.45, 2.75) is 13.0 Å². The molecule has 2 aromatic carbocycles. The molecule has 0 aromatic heterocycles. The Hall–Kier alpha value is -2.76. The molecule has 0 saturated carbocycles. The van der Waals surface area contributed by atoms with Crippen LogP contribution in [0.5, 0.6) is 11.5 Å². The first-order valence-corrected chi connectivity index (χ1v) is 6.54. The Kier molecular flexibility index (Phi) is 3.35. The van der Waals surface area contributed by atoms with Crippen LogP contribution >= 0.6 is 0 Å². The SMILES string of the molecule is CC(Nc1ccc2c(c1)OCO2)c1cccc([N+](=O)[O-])c1. The van der Waals surface area contributed by atoms with E-state index in [1.807, 2.05) is 31.2 Å². The Morgan fingerprint density at radius 1 is 1.19 bits per heavy atom. The van der Waals surface area contributed by atoms with Crippen molar-refractivity contribution >= 4 is 11.4 Å². The Morgan fingerprint density at radius 2 is 2.00 bits per heavy atom. The Balaban J connectivity index is 1.78. The number of fused-ring (bicyclic) bond motifs is 1. The number of nitro benzene ring substituents is 1. The zero-order valence-electron chi connectivity index (χ0n) is 11.4. The molecular formula is C15H14N2O4. The quantitative estimate of drug-likeness (QED) is 0.688. The molecule has 0 amide bonds. The van der Waals surface area contributed by atoms with Crippen molar-refractivity contribution in [3.05, 3.63) is 58.1 Å². The van der Waals surface area contributed by atoms with Crippen molar-refractivity contribution in [1.29, 1.82) is 0 Å². The lowest BCUT2D eigenvalue weighted by Gasteiger charge is -2.15. The highest BCUT2D eigenvalue weighted by Gasteiger charge is 2.15. The molecule has 1 atom stereocenters. The standard InChI is InChI=1S/C15H14N2O4/c1-10(11-3-2-4-13(7-11)17(18)19)16-12-5-6-14-15(8-12)21-9-20-14/h2-8,10,16H,9H2,1H3. The summed E-state index contributed by atoms with van der Waals surface area (Å²) in [7, 11) is 0. The fourth-order valence-electron chi connectivity index (χ4n) is 2.23. The molecular weight excluding hydrogens is 272 g/mol. The molecule has 0 spiro atoms. The van der Waals surface area contributed by atoms with Crippen molar-refractivity contribution in [3.63, 3.8) is 0 Å². The van der Waals surface area contributed by atoms with Gasteiger partial charge in [0.2, 0.25) is 6.79 Å². The summed E-state index contributed by atoms with van der Waals surface area (Å²) in [6.45, 7) is 2.18. The summed E-state index contributed by atoms with van der Waals surface area (Å²) in [5, 5.41) is 14.1. The van der Waals surface area contributed by atoms with Gasteiger partial charge in [0.15, 0.2) is 11.5 Å². The Morgan fingerprint density at radius 3 is 2.81 bits per heavy atom. The maximum atomic E-state index is 10.8. The molecule has 1 heterocycles. The minimum atomic E-state index is -0.392. The van der Waals surface area contributed by atoms with Crippen molar-refractivity contribution in [1.82, 2.24) is 0 Å². The zero-order valence-corrected chi connectivity index (χ0v) is 11.4. The highest BCUT2D eigenvalue weighted by atomic mass is 16.7.